The van der Waals surface area contributed by atoms with E-state index >= 15 is 0 Å². The quantitative estimate of drug-likeness (QED) is 0.834. The molecule has 0 amide bonds. The highest BCUT2D eigenvalue weighted by atomic mass is 35.5. The number of aryl methyl sites for hydroxylation is 1. The molecule has 1 aliphatic rings. The Labute approximate surface area is 98.2 Å². The molecule has 2 N–H and O–H groups in total. The number of fused-ring (bicyclic) bond motifs is 1. The molecule has 0 aliphatic carbocycles. The molecule has 0 saturated heterocycles. The molecular weight excluding hydrogens is 230 g/mol. The first kappa shape index (κ1) is 11.1. The largest absolute Gasteiger partial charge is 0.486 e. The second-order valence-corrected chi connectivity index (χ2v) is 4.25. The predicted octanol–water partition coefficient (Wildman–Crippen LogP) is 2.30. The Kier molecular flexibility index (Phi) is 2.92. The van der Waals surface area contributed by atoms with Crippen molar-refractivity contribution in [2.45, 2.75) is 19.4 Å². The maximum absolute atomic E-state index is 10.6. The molecule has 5 heteroatoms. The van der Waals surface area contributed by atoms with Gasteiger partial charge in [0, 0.05) is 5.02 Å². The fourth-order valence-corrected chi connectivity index (χ4v) is 2.03. The van der Waals surface area contributed by atoms with Gasteiger partial charge in [0.05, 0.1) is 18.7 Å². The molecule has 1 atom stereocenters. The fraction of sp³-hybridized carbons (Fsp3) is 0.364. The van der Waals surface area contributed by atoms with Crippen LogP contribution in [0.3, 0.4) is 0 Å². The van der Waals surface area contributed by atoms with Crippen molar-refractivity contribution in [2.24, 2.45) is 0 Å². The number of anilines is 1. The van der Waals surface area contributed by atoms with Crippen molar-refractivity contribution >= 4 is 23.3 Å². The van der Waals surface area contributed by atoms with Crippen molar-refractivity contribution in [3.63, 3.8) is 0 Å². The second kappa shape index (κ2) is 4.22. The number of halogens is 1. The molecule has 0 aromatic heterocycles. The molecule has 1 aliphatic heterocycles. The lowest BCUT2D eigenvalue weighted by atomic mass is 10.1. The van der Waals surface area contributed by atoms with Crippen LogP contribution in [0, 0.1) is 6.92 Å². The lowest BCUT2D eigenvalue weighted by Gasteiger charge is -2.27. The Balaban J connectivity index is 2.23. The first-order valence-electron chi connectivity index (χ1n) is 4.98. The molecule has 1 aromatic carbocycles. The van der Waals surface area contributed by atoms with Crippen LogP contribution in [0.25, 0.3) is 0 Å². The van der Waals surface area contributed by atoms with Gasteiger partial charge in [-0.3, -0.25) is 4.79 Å². The highest BCUT2D eigenvalue weighted by Crippen LogP contribution is 2.35. The second-order valence-electron chi connectivity index (χ2n) is 3.82. The van der Waals surface area contributed by atoms with Gasteiger partial charge in [-0.2, -0.15) is 0 Å². The molecule has 0 saturated carbocycles. The van der Waals surface area contributed by atoms with Gasteiger partial charge in [0.15, 0.2) is 0 Å². The molecule has 1 aromatic rings. The van der Waals surface area contributed by atoms with Crippen LogP contribution in [0.15, 0.2) is 12.1 Å². The van der Waals surface area contributed by atoms with E-state index in [1.165, 1.54) is 0 Å². The van der Waals surface area contributed by atoms with Crippen LogP contribution in [0.1, 0.15) is 12.0 Å². The summed E-state index contributed by atoms with van der Waals surface area (Å²) >= 11 is 5.91. The van der Waals surface area contributed by atoms with Crippen molar-refractivity contribution in [3.8, 4) is 5.75 Å². The standard InChI is InChI=1S/C11H12ClNO3/c1-6-2-7(12)3-9-11(6)16-8(5-13-9)4-10(14)15/h2-3,8,13H,4-5H2,1H3,(H,14,15). The number of rotatable bonds is 2. The molecule has 4 nitrogen and oxygen atoms in total. The number of aliphatic carboxylic acids is 1. The zero-order valence-corrected chi connectivity index (χ0v) is 9.54. The summed E-state index contributed by atoms with van der Waals surface area (Å²) in [5, 5.41) is 12.5. The highest BCUT2D eigenvalue weighted by Gasteiger charge is 2.23. The fourth-order valence-electron chi connectivity index (χ4n) is 1.76. The van der Waals surface area contributed by atoms with Gasteiger partial charge < -0.3 is 15.2 Å². The van der Waals surface area contributed by atoms with Gasteiger partial charge >= 0.3 is 5.97 Å². The topological polar surface area (TPSA) is 58.6 Å². The van der Waals surface area contributed by atoms with Crippen molar-refractivity contribution in [1.29, 1.82) is 0 Å². The van der Waals surface area contributed by atoms with E-state index < -0.39 is 5.97 Å². The van der Waals surface area contributed by atoms with Crippen LogP contribution in [0.2, 0.25) is 5.02 Å². The van der Waals surface area contributed by atoms with Crippen molar-refractivity contribution < 1.29 is 14.6 Å². The molecule has 1 heterocycles. The van der Waals surface area contributed by atoms with Gasteiger partial charge in [-0.05, 0) is 24.6 Å². The summed E-state index contributed by atoms with van der Waals surface area (Å²) in [7, 11) is 0. The zero-order valence-electron chi connectivity index (χ0n) is 8.79. The number of hydrogen-bond donors (Lipinski definition) is 2. The van der Waals surface area contributed by atoms with E-state index in [-0.39, 0.29) is 12.5 Å². The summed E-state index contributed by atoms with van der Waals surface area (Å²) in [4.78, 5) is 10.6. The lowest BCUT2D eigenvalue weighted by molar-refractivity contribution is -0.138. The first-order chi connectivity index (χ1) is 7.56. The minimum absolute atomic E-state index is 0.00545. The van der Waals surface area contributed by atoms with E-state index in [2.05, 4.69) is 5.32 Å². The summed E-state index contributed by atoms with van der Waals surface area (Å²) in [6.07, 6.45) is -0.334. The Morgan fingerprint density at radius 2 is 2.44 bits per heavy atom. The number of benzene rings is 1. The average Bonchev–Trinajstić information content (AvgIpc) is 2.18. The van der Waals surface area contributed by atoms with Crippen LogP contribution in [0.5, 0.6) is 5.75 Å². The molecule has 16 heavy (non-hydrogen) atoms. The summed E-state index contributed by atoms with van der Waals surface area (Å²) < 4.78 is 5.63. The summed E-state index contributed by atoms with van der Waals surface area (Å²) in [6.45, 7) is 2.37. The Bertz CT molecular complexity index is 433. The lowest BCUT2D eigenvalue weighted by Crippen LogP contribution is -2.33. The smallest absolute Gasteiger partial charge is 0.307 e. The SMILES string of the molecule is Cc1cc(Cl)cc2c1OC(CC(=O)O)CN2. The van der Waals surface area contributed by atoms with Crippen molar-refractivity contribution in [1.82, 2.24) is 0 Å². The Morgan fingerprint density at radius 3 is 3.12 bits per heavy atom. The average molecular weight is 242 g/mol. The monoisotopic (exact) mass is 241 g/mol. The number of hydrogen-bond acceptors (Lipinski definition) is 3. The minimum Gasteiger partial charge on any atom is -0.486 e. The third-order valence-corrected chi connectivity index (χ3v) is 2.66. The number of ether oxygens (including phenoxy) is 1. The normalized spacial score (nSPS) is 18.2. The highest BCUT2D eigenvalue weighted by molar-refractivity contribution is 6.31. The molecular formula is C11H12ClNO3. The summed E-state index contributed by atoms with van der Waals surface area (Å²) in [5.41, 5.74) is 1.73. The minimum atomic E-state index is -0.859. The third kappa shape index (κ3) is 2.22. The summed E-state index contributed by atoms with van der Waals surface area (Å²) in [5.74, 6) is -0.163. The van der Waals surface area contributed by atoms with Gasteiger partial charge in [-0.25, -0.2) is 0 Å². The van der Waals surface area contributed by atoms with Crippen molar-refractivity contribution in [2.75, 3.05) is 11.9 Å². The van der Waals surface area contributed by atoms with Crippen LogP contribution in [-0.4, -0.2) is 23.7 Å². The van der Waals surface area contributed by atoms with Crippen LogP contribution in [-0.2, 0) is 4.79 Å². The molecule has 1 unspecified atom stereocenters. The van der Waals surface area contributed by atoms with Crippen LogP contribution in [0.4, 0.5) is 5.69 Å². The molecule has 86 valence electrons. The molecule has 0 radical (unpaired) electrons. The Hall–Kier alpha value is -1.42. The Morgan fingerprint density at radius 1 is 1.69 bits per heavy atom. The van der Waals surface area contributed by atoms with E-state index in [0.29, 0.717) is 17.3 Å². The summed E-state index contributed by atoms with van der Waals surface area (Å²) in [6, 6.07) is 3.58. The van der Waals surface area contributed by atoms with Gasteiger partial charge in [0.25, 0.3) is 0 Å². The van der Waals surface area contributed by atoms with Gasteiger partial charge in [-0.15, -0.1) is 0 Å². The van der Waals surface area contributed by atoms with E-state index in [1.54, 1.807) is 12.1 Å². The molecule has 0 fully saturated rings. The maximum Gasteiger partial charge on any atom is 0.307 e. The van der Waals surface area contributed by atoms with Crippen molar-refractivity contribution in [3.05, 3.63) is 22.7 Å². The van der Waals surface area contributed by atoms with E-state index in [1.807, 2.05) is 6.92 Å². The van der Waals surface area contributed by atoms with E-state index in [9.17, 15) is 4.79 Å². The predicted molar refractivity (Wildman–Crippen MR) is 61.3 cm³/mol. The van der Waals surface area contributed by atoms with Gasteiger partial charge in [-0.1, -0.05) is 11.6 Å². The van der Waals surface area contributed by atoms with E-state index in [4.69, 9.17) is 21.4 Å². The number of carboxylic acids is 1. The van der Waals surface area contributed by atoms with Gasteiger partial charge in [0.2, 0.25) is 0 Å². The van der Waals surface area contributed by atoms with E-state index in [0.717, 1.165) is 11.3 Å². The maximum atomic E-state index is 10.6. The zero-order chi connectivity index (χ0) is 11.7. The molecule has 0 bridgehead atoms. The van der Waals surface area contributed by atoms with Crippen LogP contribution < -0.4 is 10.1 Å². The van der Waals surface area contributed by atoms with Gasteiger partial charge in [0.1, 0.15) is 11.9 Å². The van der Waals surface area contributed by atoms with Crippen LogP contribution >= 0.6 is 11.6 Å². The molecule has 0 spiro atoms. The molecule has 2 rings (SSSR count). The first-order valence-corrected chi connectivity index (χ1v) is 5.36. The number of carbonyl (C=O) groups is 1. The number of carboxylic acid groups (broad SMARTS) is 1. The number of nitrogens with one attached hydrogen (secondary N) is 1. The third-order valence-electron chi connectivity index (χ3n) is 2.45.